The van der Waals surface area contributed by atoms with E-state index in [0.717, 1.165) is 12.2 Å². The Hall–Kier alpha value is -3.35. The van der Waals surface area contributed by atoms with Gasteiger partial charge >= 0.3 is 5.97 Å². The summed E-state index contributed by atoms with van der Waals surface area (Å²) in [5, 5.41) is 5.32. The first-order chi connectivity index (χ1) is 13.8. The van der Waals surface area contributed by atoms with E-state index in [9.17, 15) is 14.4 Å². The lowest BCUT2D eigenvalue weighted by Gasteiger charge is -2.27. The predicted octanol–water partition coefficient (Wildman–Crippen LogP) is 3.68. The first-order valence-corrected chi connectivity index (χ1v) is 9.51. The second-order valence-electron chi connectivity index (χ2n) is 6.81. The van der Waals surface area contributed by atoms with E-state index >= 15 is 0 Å². The highest BCUT2D eigenvalue weighted by molar-refractivity contribution is 5.96. The average Bonchev–Trinajstić information content (AvgIpc) is 2.68. The molecule has 0 aliphatic carbocycles. The molecule has 2 amide bonds. The van der Waals surface area contributed by atoms with E-state index in [4.69, 9.17) is 4.74 Å². The molecule has 0 heterocycles. The summed E-state index contributed by atoms with van der Waals surface area (Å²) < 4.78 is 5.05. The van der Waals surface area contributed by atoms with Crippen LogP contribution in [0.4, 0.5) is 17.1 Å². The summed E-state index contributed by atoms with van der Waals surface area (Å²) in [5.41, 5.74) is 2.59. The largest absolute Gasteiger partial charge is 0.452 e. The molecule has 0 saturated carbocycles. The molecule has 0 aliphatic rings. The second-order valence-corrected chi connectivity index (χ2v) is 6.81. The zero-order valence-corrected chi connectivity index (χ0v) is 17.2. The summed E-state index contributed by atoms with van der Waals surface area (Å²) in [6, 6.07) is 14.2. The summed E-state index contributed by atoms with van der Waals surface area (Å²) in [4.78, 5) is 37.4. The van der Waals surface area contributed by atoms with Crippen molar-refractivity contribution in [3.63, 3.8) is 0 Å². The zero-order chi connectivity index (χ0) is 21.4. The van der Waals surface area contributed by atoms with Gasteiger partial charge in [-0.15, -0.1) is 0 Å². The maximum Gasteiger partial charge on any atom is 0.338 e. The van der Waals surface area contributed by atoms with Gasteiger partial charge in [0.15, 0.2) is 6.61 Å². The Balaban J connectivity index is 1.86. The third-order valence-electron chi connectivity index (χ3n) is 4.22. The van der Waals surface area contributed by atoms with Crippen LogP contribution in [0.3, 0.4) is 0 Å². The van der Waals surface area contributed by atoms with Crippen LogP contribution in [-0.2, 0) is 14.3 Å². The first kappa shape index (κ1) is 21.9. The lowest BCUT2D eigenvalue weighted by Crippen LogP contribution is -2.30. The minimum atomic E-state index is -0.611. The number of amides is 2. The second kappa shape index (κ2) is 10.3. The summed E-state index contributed by atoms with van der Waals surface area (Å²) in [6.07, 6.45) is 0. The molecule has 7 heteroatoms. The Morgan fingerprint density at radius 2 is 1.48 bits per heavy atom. The third kappa shape index (κ3) is 6.64. The molecule has 2 N–H and O–H groups in total. The van der Waals surface area contributed by atoms with Crippen molar-refractivity contribution in [3.8, 4) is 0 Å². The lowest BCUT2D eigenvalue weighted by atomic mass is 10.2. The van der Waals surface area contributed by atoms with Gasteiger partial charge in [0, 0.05) is 36.6 Å². The molecular formula is C22H27N3O4. The van der Waals surface area contributed by atoms with Crippen molar-refractivity contribution in [2.75, 3.05) is 28.7 Å². The van der Waals surface area contributed by atoms with E-state index in [2.05, 4.69) is 36.3 Å². The lowest BCUT2D eigenvalue weighted by molar-refractivity contribution is -0.119. The molecule has 0 radical (unpaired) electrons. The Morgan fingerprint density at radius 3 is 2.00 bits per heavy atom. The van der Waals surface area contributed by atoms with Crippen molar-refractivity contribution in [1.82, 2.24) is 0 Å². The van der Waals surface area contributed by atoms with Gasteiger partial charge in [-0.3, -0.25) is 9.59 Å². The fraction of sp³-hybridized carbons (Fsp3) is 0.318. The van der Waals surface area contributed by atoms with Crippen LogP contribution < -0.4 is 15.5 Å². The van der Waals surface area contributed by atoms with Crippen LogP contribution in [-0.4, -0.2) is 37.0 Å². The third-order valence-corrected chi connectivity index (χ3v) is 4.22. The van der Waals surface area contributed by atoms with Crippen molar-refractivity contribution in [1.29, 1.82) is 0 Å². The highest BCUT2D eigenvalue weighted by Gasteiger charge is 2.12. The minimum Gasteiger partial charge on any atom is -0.452 e. The quantitative estimate of drug-likeness (QED) is 0.664. The molecule has 2 rings (SSSR count). The van der Waals surface area contributed by atoms with Gasteiger partial charge in [-0.1, -0.05) is 0 Å². The van der Waals surface area contributed by atoms with Gasteiger partial charge in [-0.2, -0.15) is 0 Å². The number of nitrogens with one attached hydrogen (secondary N) is 2. The number of nitrogens with zero attached hydrogens (tertiary/aromatic N) is 1. The number of anilines is 3. The number of esters is 1. The average molecular weight is 397 g/mol. The molecule has 0 unspecified atom stereocenters. The molecule has 0 fully saturated rings. The first-order valence-electron chi connectivity index (χ1n) is 9.51. The molecular weight excluding hydrogens is 370 g/mol. The van der Waals surface area contributed by atoms with Crippen molar-refractivity contribution < 1.29 is 19.1 Å². The number of hydrogen-bond donors (Lipinski definition) is 2. The molecule has 0 aromatic heterocycles. The van der Waals surface area contributed by atoms with E-state index in [1.165, 1.54) is 19.1 Å². The van der Waals surface area contributed by atoms with Gasteiger partial charge in [0.25, 0.3) is 5.91 Å². The summed E-state index contributed by atoms with van der Waals surface area (Å²) in [7, 11) is 0. The van der Waals surface area contributed by atoms with Crippen molar-refractivity contribution in [2.45, 2.75) is 33.7 Å². The molecule has 0 bridgehead atoms. The maximum atomic E-state index is 12.1. The monoisotopic (exact) mass is 397 g/mol. The van der Waals surface area contributed by atoms with Gasteiger partial charge in [0.05, 0.1) is 5.56 Å². The van der Waals surface area contributed by atoms with Crippen molar-refractivity contribution >= 4 is 34.8 Å². The highest BCUT2D eigenvalue weighted by Crippen LogP contribution is 2.20. The van der Waals surface area contributed by atoms with Gasteiger partial charge in [-0.05, 0) is 69.3 Å². The molecule has 0 aliphatic heterocycles. The number of carbonyl (C=O) groups is 3. The highest BCUT2D eigenvalue weighted by atomic mass is 16.5. The molecule has 7 nitrogen and oxygen atoms in total. The van der Waals surface area contributed by atoms with E-state index in [1.807, 2.05) is 24.3 Å². The fourth-order valence-electron chi connectivity index (χ4n) is 2.89. The zero-order valence-electron chi connectivity index (χ0n) is 17.2. The van der Waals surface area contributed by atoms with Crippen LogP contribution in [0.25, 0.3) is 0 Å². The number of carbonyl (C=O) groups excluding carboxylic acids is 3. The van der Waals surface area contributed by atoms with Gasteiger partial charge < -0.3 is 20.3 Å². The van der Waals surface area contributed by atoms with Crippen LogP contribution in [0.2, 0.25) is 0 Å². The molecule has 0 saturated heterocycles. The standard InChI is InChI=1S/C22H27N3O4/c1-5-25(15(2)3)20-12-10-19(11-13-20)24-21(27)14-29-22(28)17-6-8-18(9-7-17)23-16(4)26/h6-13,15H,5,14H2,1-4H3,(H,23,26)(H,24,27). The van der Waals surface area contributed by atoms with Crippen molar-refractivity contribution in [2.24, 2.45) is 0 Å². The van der Waals surface area contributed by atoms with E-state index < -0.39 is 11.9 Å². The fourth-order valence-corrected chi connectivity index (χ4v) is 2.89. The topological polar surface area (TPSA) is 87.7 Å². The van der Waals surface area contributed by atoms with E-state index in [-0.39, 0.29) is 12.5 Å². The van der Waals surface area contributed by atoms with E-state index in [0.29, 0.717) is 23.0 Å². The Labute approximate surface area is 171 Å². The molecule has 2 aromatic carbocycles. The molecule has 0 spiro atoms. The number of hydrogen-bond acceptors (Lipinski definition) is 5. The van der Waals surface area contributed by atoms with Gasteiger partial charge in [0.1, 0.15) is 0 Å². The smallest absolute Gasteiger partial charge is 0.338 e. The van der Waals surface area contributed by atoms with Crippen LogP contribution in [0.15, 0.2) is 48.5 Å². The Morgan fingerprint density at radius 1 is 0.931 bits per heavy atom. The molecule has 29 heavy (non-hydrogen) atoms. The molecule has 2 aromatic rings. The minimum absolute atomic E-state index is 0.198. The summed E-state index contributed by atoms with van der Waals surface area (Å²) in [6.45, 7) is 8.25. The van der Waals surface area contributed by atoms with Crippen LogP contribution in [0.5, 0.6) is 0 Å². The van der Waals surface area contributed by atoms with E-state index in [1.54, 1.807) is 12.1 Å². The van der Waals surface area contributed by atoms with Crippen LogP contribution in [0.1, 0.15) is 38.1 Å². The van der Waals surface area contributed by atoms with Gasteiger partial charge in [-0.25, -0.2) is 4.79 Å². The number of rotatable bonds is 8. The molecule has 154 valence electrons. The van der Waals surface area contributed by atoms with Crippen molar-refractivity contribution in [3.05, 3.63) is 54.1 Å². The molecule has 0 atom stereocenters. The predicted molar refractivity (Wildman–Crippen MR) is 114 cm³/mol. The summed E-state index contributed by atoms with van der Waals surface area (Å²) in [5.74, 6) is -1.23. The number of benzene rings is 2. The number of ether oxygens (including phenoxy) is 1. The Bertz CT molecular complexity index is 845. The SMILES string of the molecule is CCN(c1ccc(NC(=O)COC(=O)c2ccc(NC(C)=O)cc2)cc1)C(C)C. The van der Waals surface area contributed by atoms with Crippen LogP contribution in [0, 0.1) is 0 Å². The van der Waals surface area contributed by atoms with Gasteiger partial charge in [0.2, 0.25) is 5.91 Å². The summed E-state index contributed by atoms with van der Waals surface area (Å²) >= 11 is 0. The maximum absolute atomic E-state index is 12.1. The normalized spacial score (nSPS) is 10.4. The van der Waals surface area contributed by atoms with Crippen LogP contribution >= 0.6 is 0 Å². The Kier molecular flexibility index (Phi) is 7.77.